The van der Waals surface area contributed by atoms with Crippen molar-refractivity contribution in [2.45, 2.75) is 45.8 Å². The molecule has 14 heteroatoms. The van der Waals surface area contributed by atoms with Gasteiger partial charge in [-0.25, -0.2) is 0 Å². The largest absolute Gasteiger partial charge is 0.491 e. The predicted octanol–water partition coefficient (Wildman–Crippen LogP) is 8.94. The Labute approximate surface area is 371 Å². The molecule has 0 aliphatic carbocycles. The predicted molar refractivity (Wildman–Crippen MR) is 238 cm³/mol. The Morgan fingerprint density at radius 2 is 1.05 bits per heavy atom. The minimum absolute atomic E-state index is 0.0696. The number of amides is 2. The smallest absolute Gasteiger partial charge is 0.305 e. The molecule has 334 valence electrons. The first-order valence-electron chi connectivity index (χ1n) is 20.9. The van der Waals surface area contributed by atoms with Gasteiger partial charge < -0.3 is 47.8 Å². The fourth-order valence-electron chi connectivity index (χ4n) is 6.70. The van der Waals surface area contributed by atoms with Crippen LogP contribution in [0.4, 0.5) is 0 Å². The minimum Gasteiger partial charge on any atom is -0.491 e. The van der Waals surface area contributed by atoms with Crippen molar-refractivity contribution in [3.63, 3.8) is 0 Å². The molecule has 2 N–H and O–H groups in total. The molecule has 0 bridgehead atoms. The minimum atomic E-state index is -0.918. The Morgan fingerprint density at radius 3 is 1.58 bits per heavy atom. The summed E-state index contributed by atoms with van der Waals surface area (Å²) in [6.45, 7) is 5.77. The fourth-order valence-corrected chi connectivity index (χ4v) is 6.70. The van der Waals surface area contributed by atoms with Gasteiger partial charge in [-0.3, -0.25) is 19.2 Å². The summed E-state index contributed by atoms with van der Waals surface area (Å²) in [4.78, 5) is 52.0. The molecule has 4 aromatic carbocycles. The molecule has 6 rings (SSSR count). The van der Waals surface area contributed by atoms with Gasteiger partial charge in [0.05, 0.1) is 44.8 Å². The molecule has 6 aromatic rings. The van der Waals surface area contributed by atoms with Gasteiger partial charge in [0.2, 0.25) is 0 Å². The van der Waals surface area contributed by atoms with E-state index in [4.69, 9.17) is 38.0 Å². The van der Waals surface area contributed by atoms with Crippen LogP contribution in [0.5, 0.6) is 11.5 Å². The summed E-state index contributed by atoms with van der Waals surface area (Å²) in [6.07, 6.45) is 1.48. The van der Waals surface area contributed by atoms with Gasteiger partial charge in [-0.1, -0.05) is 60.7 Å². The van der Waals surface area contributed by atoms with Crippen molar-refractivity contribution >= 4 is 23.8 Å². The molecule has 2 heterocycles. The molecule has 0 saturated carbocycles. The second kappa shape index (κ2) is 22.8. The van der Waals surface area contributed by atoms with Crippen molar-refractivity contribution < 1.29 is 57.2 Å². The quantitative estimate of drug-likeness (QED) is 0.0553. The number of carbonyl (C=O) groups excluding carboxylic acids is 2. The maximum absolute atomic E-state index is 13.8. The number of furan rings is 2. The first kappa shape index (κ1) is 46.3. The van der Waals surface area contributed by atoms with Crippen LogP contribution in [0.2, 0.25) is 0 Å². The number of hydrogen-bond donors (Lipinski definition) is 2. The Morgan fingerprint density at radius 1 is 0.562 bits per heavy atom. The zero-order valence-electron chi connectivity index (χ0n) is 36.1. The standard InChI is InChI=1S/C50H52N2O12/c1-34(2)52(32-40-9-5-7-11-43(40)62-29-27-60-25-23-48(55)56)50(58)38-18-14-36(15-19-38)46-30-41(33-63-46)45-21-20-44(64-45)35-12-16-37(17-13-35)49(57)51(3)31-39-8-4-6-10-42(39)61-28-26-59-24-22-47(53)54/h4-21,30,33-34H,22-29,31-32H2,1-3H3,(H,53,54)(H,55,56). The highest BCUT2D eigenvalue weighted by Gasteiger charge is 2.22. The van der Waals surface area contributed by atoms with Crippen LogP contribution < -0.4 is 9.47 Å². The highest BCUT2D eigenvalue weighted by atomic mass is 16.5. The monoisotopic (exact) mass is 872 g/mol. The van der Waals surface area contributed by atoms with Crippen molar-refractivity contribution in [3.8, 4) is 45.5 Å². The normalized spacial score (nSPS) is 11.1. The SMILES string of the molecule is CC(C)N(Cc1ccccc1OCCOCCC(=O)O)C(=O)c1ccc(-c2cc(-c3ccc(-c4ccc(C(=O)N(C)Cc5ccccc5OCCOCCC(=O)O)cc4)o3)co2)cc1. The second-order valence-electron chi connectivity index (χ2n) is 15.1. The number of aliphatic carboxylic acids is 2. The van der Waals surface area contributed by atoms with Gasteiger partial charge in [0.1, 0.15) is 48.3 Å². The average molecular weight is 873 g/mol. The van der Waals surface area contributed by atoms with Crippen molar-refractivity contribution in [2.24, 2.45) is 0 Å². The van der Waals surface area contributed by atoms with Gasteiger partial charge in [-0.15, -0.1) is 0 Å². The van der Waals surface area contributed by atoms with E-state index in [1.807, 2.05) is 105 Å². The van der Waals surface area contributed by atoms with Gasteiger partial charge >= 0.3 is 11.9 Å². The van der Waals surface area contributed by atoms with Gasteiger partial charge in [0.25, 0.3) is 11.8 Å². The van der Waals surface area contributed by atoms with E-state index in [0.717, 1.165) is 27.8 Å². The van der Waals surface area contributed by atoms with Crippen LogP contribution in [0.1, 0.15) is 58.5 Å². The molecule has 0 fully saturated rings. The van der Waals surface area contributed by atoms with Crippen LogP contribution in [0, 0.1) is 0 Å². The van der Waals surface area contributed by atoms with Gasteiger partial charge in [0, 0.05) is 59.6 Å². The number of carbonyl (C=O) groups is 4. The molecule has 2 aromatic heterocycles. The van der Waals surface area contributed by atoms with Crippen LogP contribution in [0.3, 0.4) is 0 Å². The Kier molecular flexibility index (Phi) is 16.5. The molecule has 0 unspecified atom stereocenters. The van der Waals surface area contributed by atoms with Crippen molar-refractivity contribution in [1.29, 1.82) is 0 Å². The summed E-state index contributed by atoms with van der Waals surface area (Å²) in [5.74, 6) is 0.945. The van der Waals surface area contributed by atoms with Crippen LogP contribution in [0.25, 0.3) is 34.0 Å². The molecule has 0 saturated heterocycles. The summed E-state index contributed by atoms with van der Waals surface area (Å²) in [6, 6.07) is 34.9. The van der Waals surface area contributed by atoms with E-state index in [0.29, 0.717) is 53.0 Å². The molecule has 0 aliphatic heterocycles. The summed E-state index contributed by atoms with van der Waals surface area (Å²) in [7, 11) is 1.73. The number of ether oxygens (including phenoxy) is 4. The lowest BCUT2D eigenvalue weighted by atomic mass is 10.1. The molecule has 0 spiro atoms. The van der Waals surface area contributed by atoms with E-state index < -0.39 is 11.9 Å². The van der Waals surface area contributed by atoms with E-state index in [1.165, 1.54) is 0 Å². The van der Waals surface area contributed by atoms with Crippen LogP contribution >= 0.6 is 0 Å². The van der Waals surface area contributed by atoms with Crippen molar-refractivity contribution in [1.82, 2.24) is 9.80 Å². The van der Waals surface area contributed by atoms with E-state index in [9.17, 15) is 19.2 Å². The molecule has 2 amide bonds. The molecular weight excluding hydrogens is 821 g/mol. The lowest BCUT2D eigenvalue weighted by molar-refractivity contribution is -0.139. The zero-order valence-corrected chi connectivity index (χ0v) is 36.1. The van der Waals surface area contributed by atoms with Crippen molar-refractivity contribution in [3.05, 3.63) is 144 Å². The Bertz CT molecular complexity index is 2470. The highest BCUT2D eigenvalue weighted by molar-refractivity contribution is 5.95. The number of rotatable bonds is 24. The van der Waals surface area contributed by atoms with E-state index in [-0.39, 0.29) is 70.3 Å². The number of carboxylic acid groups (broad SMARTS) is 2. The molecule has 0 atom stereocenters. The van der Waals surface area contributed by atoms with E-state index >= 15 is 0 Å². The van der Waals surface area contributed by atoms with Crippen LogP contribution in [-0.2, 0) is 32.2 Å². The van der Waals surface area contributed by atoms with E-state index in [2.05, 4.69) is 0 Å². The highest BCUT2D eigenvalue weighted by Crippen LogP contribution is 2.33. The zero-order chi connectivity index (χ0) is 45.4. The fraction of sp³-hybridized carbons (Fsp3) is 0.280. The summed E-state index contributed by atoms with van der Waals surface area (Å²) in [5, 5.41) is 17.5. The summed E-state index contributed by atoms with van der Waals surface area (Å²) < 4.78 is 34.6. The first-order valence-corrected chi connectivity index (χ1v) is 20.9. The van der Waals surface area contributed by atoms with Gasteiger partial charge in [0.15, 0.2) is 0 Å². The maximum atomic E-state index is 13.8. The number of benzene rings is 4. The maximum Gasteiger partial charge on any atom is 0.305 e. The van der Waals surface area contributed by atoms with Crippen LogP contribution in [0.15, 0.2) is 130 Å². The molecule has 0 radical (unpaired) electrons. The lowest BCUT2D eigenvalue weighted by Gasteiger charge is -2.28. The number of nitrogens with zero attached hydrogens (tertiary/aromatic N) is 2. The number of hydrogen-bond acceptors (Lipinski definition) is 10. The van der Waals surface area contributed by atoms with Crippen molar-refractivity contribution in [2.75, 3.05) is 46.7 Å². The summed E-state index contributed by atoms with van der Waals surface area (Å²) >= 11 is 0. The third kappa shape index (κ3) is 12.9. The third-order valence-corrected chi connectivity index (χ3v) is 10.1. The molecule has 0 aliphatic rings. The Hall–Kier alpha value is -7.16. The molecule has 14 nitrogen and oxygen atoms in total. The second-order valence-corrected chi connectivity index (χ2v) is 15.1. The number of carboxylic acids is 2. The average Bonchev–Trinajstić information content (AvgIpc) is 4.00. The first-order chi connectivity index (χ1) is 31.0. The third-order valence-electron chi connectivity index (χ3n) is 10.1. The van der Waals surface area contributed by atoms with Crippen LogP contribution in [-0.4, -0.2) is 96.5 Å². The topological polar surface area (TPSA) is 178 Å². The van der Waals surface area contributed by atoms with E-state index in [1.54, 1.807) is 47.4 Å². The number of para-hydroxylation sites is 2. The van der Waals surface area contributed by atoms with Gasteiger partial charge in [-0.05, 0) is 68.4 Å². The Balaban J connectivity index is 1.03. The molecule has 64 heavy (non-hydrogen) atoms. The molecular formula is C50H52N2O12. The lowest BCUT2D eigenvalue weighted by Crippen LogP contribution is -2.36. The van der Waals surface area contributed by atoms with Gasteiger partial charge in [-0.2, -0.15) is 0 Å². The summed E-state index contributed by atoms with van der Waals surface area (Å²) in [5.41, 5.74) is 5.02.